The fraction of sp³-hybridized carbons (Fsp3) is 0.250. The van der Waals surface area contributed by atoms with Gasteiger partial charge in [0.2, 0.25) is 0 Å². The second-order valence-corrected chi connectivity index (χ2v) is 4.27. The summed E-state index contributed by atoms with van der Waals surface area (Å²) in [5.74, 6) is -0.623. The summed E-state index contributed by atoms with van der Waals surface area (Å²) in [6.07, 6.45) is 1.34. The average Bonchev–Trinajstić information content (AvgIpc) is 2.87. The molecular formula is C12H14FN5O. The summed E-state index contributed by atoms with van der Waals surface area (Å²) in [4.78, 5) is 15.9. The highest BCUT2D eigenvalue weighted by Crippen LogP contribution is 2.18. The molecule has 1 unspecified atom stereocenters. The van der Waals surface area contributed by atoms with E-state index in [1.54, 1.807) is 13.8 Å². The number of nitrogen functional groups attached to an aromatic ring is 1. The van der Waals surface area contributed by atoms with E-state index >= 15 is 0 Å². The molecular weight excluding hydrogens is 249 g/mol. The van der Waals surface area contributed by atoms with Gasteiger partial charge in [0, 0.05) is 5.69 Å². The maximum absolute atomic E-state index is 13.9. The predicted molar refractivity (Wildman–Crippen MR) is 67.8 cm³/mol. The number of halogens is 1. The lowest BCUT2D eigenvalue weighted by molar-refractivity contribution is 0.0934. The van der Waals surface area contributed by atoms with Crippen molar-refractivity contribution in [3.63, 3.8) is 0 Å². The second kappa shape index (κ2) is 5.05. The number of carbonyl (C=O) groups is 1. The van der Waals surface area contributed by atoms with Gasteiger partial charge in [0.25, 0.3) is 5.91 Å². The second-order valence-electron chi connectivity index (χ2n) is 4.27. The van der Waals surface area contributed by atoms with Crippen molar-refractivity contribution >= 4 is 11.6 Å². The number of carbonyl (C=O) groups excluding carboxylic acids is 1. The van der Waals surface area contributed by atoms with E-state index in [9.17, 15) is 9.18 Å². The van der Waals surface area contributed by atoms with Gasteiger partial charge in [0.15, 0.2) is 0 Å². The fourth-order valence-corrected chi connectivity index (χ4v) is 1.73. The molecule has 7 heteroatoms. The van der Waals surface area contributed by atoms with Crippen LogP contribution < -0.4 is 11.1 Å². The minimum absolute atomic E-state index is 0.0798. The van der Waals surface area contributed by atoms with Crippen LogP contribution in [0.4, 0.5) is 10.1 Å². The predicted octanol–water partition coefficient (Wildman–Crippen LogP) is 1.33. The van der Waals surface area contributed by atoms with Crippen molar-refractivity contribution in [1.82, 2.24) is 20.5 Å². The summed E-state index contributed by atoms with van der Waals surface area (Å²) < 4.78 is 13.9. The lowest BCUT2D eigenvalue weighted by atomic mass is 10.1. The summed E-state index contributed by atoms with van der Waals surface area (Å²) in [5.41, 5.74) is 6.21. The van der Waals surface area contributed by atoms with Gasteiger partial charge < -0.3 is 11.1 Å². The molecule has 0 aliphatic heterocycles. The number of aromatic nitrogens is 3. The van der Waals surface area contributed by atoms with Gasteiger partial charge in [-0.15, -0.1) is 0 Å². The average molecular weight is 263 g/mol. The molecule has 100 valence electrons. The number of anilines is 1. The molecule has 0 aliphatic rings. The smallest absolute Gasteiger partial charge is 0.254 e. The van der Waals surface area contributed by atoms with Crippen LogP contribution in [0.5, 0.6) is 0 Å². The lowest BCUT2D eigenvalue weighted by Crippen LogP contribution is -2.28. The number of nitrogens with two attached hydrogens (primary N) is 1. The van der Waals surface area contributed by atoms with Crippen molar-refractivity contribution in [3.05, 3.63) is 41.2 Å². The van der Waals surface area contributed by atoms with Crippen molar-refractivity contribution in [2.75, 3.05) is 5.73 Å². The summed E-state index contributed by atoms with van der Waals surface area (Å²) in [7, 11) is 0. The first-order valence-corrected chi connectivity index (χ1v) is 5.70. The fourth-order valence-electron chi connectivity index (χ4n) is 1.73. The maximum atomic E-state index is 13.9. The van der Waals surface area contributed by atoms with Gasteiger partial charge in [-0.3, -0.25) is 9.89 Å². The molecule has 0 radical (unpaired) electrons. The Balaban J connectivity index is 2.21. The first-order chi connectivity index (χ1) is 8.99. The SMILES string of the molecule is Cc1cc(N)cc(C(=O)NC(C)c2ncn[nH]2)c1F. The number of aryl methyl sites for hydroxylation is 1. The van der Waals surface area contributed by atoms with Crippen molar-refractivity contribution in [2.24, 2.45) is 0 Å². The number of hydrogen-bond donors (Lipinski definition) is 3. The van der Waals surface area contributed by atoms with Gasteiger partial charge in [0.1, 0.15) is 18.0 Å². The molecule has 1 atom stereocenters. The molecule has 6 nitrogen and oxygen atoms in total. The molecule has 0 saturated heterocycles. The molecule has 1 heterocycles. The van der Waals surface area contributed by atoms with E-state index in [4.69, 9.17) is 5.73 Å². The number of nitrogens with zero attached hydrogens (tertiary/aromatic N) is 2. The molecule has 0 saturated carbocycles. The third kappa shape index (κ3) is 2.70. The van der Waals surface area contributed by atoms with Crippen LogP contribution in [0.25, 0.3) is 0 Å². The van der Waals surface area contributed by atoms with E-state index in [0.717, 1.165) is 0 Å². The monoisotopic (exact) mass is 263 g/mol. The Labute approximate surface area is 109 Å². The highest BCUT2D eigenvalue weighted by Gasteiger charge is 2.18. The van der Waals surface area contributed by atoms with Gasteiger partial charge in [-0.1, -0.05) is 0 Å². The Kier molecular flexibility index (Phi) is 3.46. The summed E-state index contributed by atoms with van der Waals surface area (Å²) in [6.45, 7) is 3.28. The number of amides is 1. The molecule has 1 amide bonds. The molecule has 1 aromatic heterocycles. The summed E-state index contributed by atoms with van der Waals surface area (Å²) in [5, 5.41) is 8.95. The van der Waals surface area contributed by atoms with Crippen LogP contribution in [0.3, 0.4) is 0 Å². The van der Waals surface area contributed by atoms with Gasteiger partial charge in [0.05, 0.1) is 11.6 Å². The first kappa shape index (κ1) is 13.0. The minimum Gasteiger partial charge on any atom is -0.399 e. The number of nitrogens with one attached hydrogen (secondary N) is 2. The summed E-state index contributed by atoms with van der Waals surface area (Å²) >= 11 is 0. The van der Waals surface area contributed by atoms with Crippen LogP contribution in [-0.4, -0.2) is 21.1 Å². The Bertz CT molecular complexity index is 596. The molecule has 0 bridgehead atoms. The largest absolute Gasteiger partial charge is 0.399 e. The Morgan fingerprint density at radius 3 is 2.89 bits per heavy atom. The van der Waals surface area contributed by atoms with Gasteiger partial charge in [-0.05, 0) is 31.5 Å². The molecule has 0 spiro atoms. The van der Waals surface area contributed by atoms with Crippen molar-refractivity contribution in [3.8, 4) is 0 Å². The van der Waals surface area contributed by atoms with E-state index in [1.165, 1.54) is 18.5 Å². The van der Waals surface area contributed by atoms with Gasteiger partial charge in [-0.25, -0.2) is 9.37 Å². The molecule has 1 aromatic carbocycles. The molecule has 0 fully saturated rings. The number of benzene rings is 1. The Hall–Kier alpha value is -2.44. The maximum Gasteiger partial charge on any atom is 0.254 e. The van der Waals surface area contributed by atoms with E-state index in [2.05, 4.69) is 20.5 Å². The highest BCUT2D eigenvalue weighted by molar-refractivity contribution is 5.95. The third-order valence-electron chi connectivity index (χ3n) is 2.71. The Morgan fingerprint density at radius 2 is 2.26 bits per heavy atom. The minimum atomic E-state index is -0.573. The summed E-state index contributed by atoms with van der Waals surface area (Å²) in [6, 6.07) is 2.38. The zero-order chi connectivity index (χ0) is 14.0. The van der Waals surface area contributed by atoms with E-state index in [-0.39, 0.29) is 5.56 Å². The van der Waals surface area contributed by atoms with E-state index in [1.807, 2.05) is 0 Å². The quantitative estimate of drug-likeness (QED) is 0.728. The standard InChI is InChI=1S/C12H14FN5O/c1-6-3-8(14)4-9(10(6)13)12(19)17-7(2)11-15-5-16-18-11/h3-5,7H,14H2,1-2H3,(H,17,19)(H,15,16,18). The number of aromatic amines is 1. The van der Waals surface area contributed by atoms with Crippen LogP contribution in [-0.2, 0) is 0 Å². The van der Waals surface area contributed by atoms with Crippen LogP contribution in [0.15, 0.2) is 18.5 Å². The van der Waals surface area contributed by atoms with E-state index < -0.39 is 17.8 Å². The van der Waals surface area contributed by atoms with Crippen LogP contribution in [0, 0.1) is 12.7 Å². The van der Waals surface area contributed by atoms with Crippen LogP contribution >= 0.6 is 0 Å². The number of hydrogen-bond acceptors (Lipinski definition) is 4. The molecule has 19 heavy (non-hydrogen) atoms. The zero-order valence-electron chi connectivity index (χ0n) is 10.6. The molecule has 4 N–H and O–H groups in total. The van der Waals surface area contributed by atoms with E-state index in [0.29, 0.717) is 17.1 Å². The van der Waals surface area contributed by atoms with Crippen LogP contribution in [0.1, 0.15) is 34.7 Å². The zero-order valence-corrected chi connectivity index (χ0v) is 10.6. The number of rotatable bonds is 3. The van der Waals surface area contributed by atoms with Crippen molar-refractivity contribution < 1.29 is 9.18 Å². The third-order valence-corrected chi connectivity index (χ3v) is 2.71. The van der Waals surface area contributed by atoms with Crippen molar-refractivity contribution in [2.45, 2.75) is 19.9 Å². The van der Waals surface area contributed by atoms with Crippen molar-refractivity contribution in [1.29, 1.82) is 0 Å². The molecule has 2 aromatic rings. The molecule has 0 aliphatic carbocycles. The topological polar surface area (TPSA) is 96.7 Å². The van der Waals surface area contributed by atoms with Gasteiger partial charge in [-0.2, -0.15) is 5.10 Å². The number of H-pyrrole nitrogens is 1. The highest BCUT2D eigenvalue weighted by atomic mass is 19.1. The van der Waals surface area contributed by atoms with Gasteiger partial charge >= 0.3 is 0 Å². The molecule has 2 rings (SSSR count). The van der Waals surface area contributed by atoms with Crippen LogP contribution in [0.2, 0.25) is 0 Å². The Morgan fingerprint density at radius 1 is 1.53 bits per heavy atom. The first-order valence-electron chi connectivity index (χ1n) is 5.70. The lowest BCUT2D eigenvalue weighted by Gasteiger charge is -2.12. The normalized spacial score (nSPS) is 12.2.